The molecule has 1 aliphatic heterocycles. The van der Waals surface area contributed by atoms with Gasteiger partial charge in [0.05, 0.1) is 19.4 Å². The Bertz CT molecular complexity index is 1510. The van der Waals surface area contributed by atoms with Crippen LogP contribution in [-0.4, -0.2) is 32.3 Å². The molecule has 13 heteroatoms. The Morgan fingerprint density at radius 1 is 1.11 bits per heavy atom. The summed E-state index contributed by atoms with van der Waals surface area (Å²) in [7, 11) is 0. The SMILES string of the molecule is CSc1nnc2c(n1)O[C@@H](c1cc(Br)c(OC(=O)c3ccc([N+](=O)[O-])cc3)c(Br)c1)Nc1ccccc1-2. The zero-order valence-corrected chi connectivity index (χ0v) is 22.8. The number of nitrogens with one attached hydrogen (secondary N) is 1. The molecule has 10 nitrogen and oxygen atoms in total. The van der Waals surface area contributed by atoms with Gasteiger partial charge in [-0.2, -0.15) is 4.98 Å². The number of halogens is 2. The van der Waals surface area contributed by atoms with Gasteiger partial charge in [-0.05, 0) is 68.4 Å². The van der Waals surface area contributed by atoms with Gasteiger partial charge in [-0.3, -0.25) is 10.1 Å². The number of hydrogen-bond acceptors (Lipinski definition) is 10. The van der Waals surface area contributed by atoms with E-state index in [0.717, 1.165) is 11.3 Å². The second-order valence-corrected chi connectivity index (χ2v) is 10.1. The molecule has 0 unspecified atom stereocenters. The van der Waals surface area contributed by atoms with Crippen molar-refractivity contribution < 1.29 is 19.2 Å². The van der Waals surface area contributed by atoms with E-state index in [2.05, 4.69) is 52.4 Å². The Kier molecular flexibility index (Phi) is 7.09. The van der Waals surface area contributed by atoms with E-state index in [1.54, 1.807) is 12.1 Å². The molecular weight excluding hydrogens is 630 g/mol. The first kappa shape index (κ1) is 25.1. The van der Waals surface area contributed by atoms with Gasteiger partial charge in [-0.15, -0.1) is 10.2 Å². The van der Waals surface area contributed by atoms with Crippen molar-refractivity contribution in [1.29, 1.82) is 0 Å². The summed E-state index contributed by atoms with van der Waals surface area (Å²) in [5, 5.41) is 23.2. The number of anilines is 1. The first-order valence-corrected chi connectivity index (χ1v) is 13.4. The van der Waals surface area contributed by atoms with Gasteiger partial charge in [-0.1, -0.05) is 30.0 Å². The highest BCUT2D eigenvalue weighted by molar-refractivity contribution is 9.11. The molecule has 0 amide bonds. The second-order valence-electron chi connectivity index (χ2n) is 7.65. The zero-order valence-electron chi connectivity index (χ0n) is 18.8. The first-order chi connectivity index (χ1) is 17.8. The number of esters is 1. The number of nitro groups is 1. The molecule has 37 heavy (non-hydrogen) atoms. The minimum Gasteiger partial charge on any atom is -0.448 e. The highest BCUT2D eigenvalue weighted by Crippen LogP contribution is 2.42. The maximum absolute atomic E-state index is 12.7. The molecule has 2 heterocycles. The average molecular weight is 645 g/mol. The summed E-state index contributed by atoms with van der Waals surface area (Å²) in [6, 6.07) is 16.3. The number of benzene rings is 3. The van der Waals surface area contributed by atoms with Crippen molar-refractivity contribution in [3.05, 3.63) is 90.9 Å². The standard InChI is InChI=1S/C24H15Br2N5O5S/c1-37-24-28-22-19(29-30-24)15-4-2-3-5-18(15)27-21(36-22)13-10-16(25)20(17(26)11-13)35-23(32)12-6-8-14(9-7-12)31(33)34/h2-11,21,27H,1H3/t21-/m0/s1. The van der Waals surface area contributed by atoms with Crippen LogP contribution in [0.2, 0.25) is 0 Å². The predicted octanol–water partition coefficient (Wildman–Crippen LogP) is 6.42. The van der Waals surface area contributed by atoms with Crippen LogP contribution in [0.4, 0.5) is 11.4 Å². The van der Waals surface area contributed by atoms with Crippen molar-refractivity contribution in [1.82, 2.24) is 15.2 Å². The molecule has 0 fully saturated rings. The van der Waals surface area contributed by atoms with E-state index in [-0.39, 0.29) is 17.0 Å². The summed E-state index contributed by atoms with van der Waals surface area (Å²) < 4.78 is 12.8. The highest BCUT2D eigenvalue weighted by Gasteiger charge is 2.27. The fourth-order valence-electron chi connectivity index (χ4n) is 3.58. The number of para-hydroxylation sites is 1. The van der Waals surface area contributed by atoms with E-state index in [9.17, 15) is 14.9 Å². The fraction of sp³-hybridized carbons (Fsp3) is 0.0833. The van der Waals surface area contributed by atoms with Crippen LogP contribution in [0.25, 0.3) is 11.3 Å². The largest absolute Gasteiger partial charge is 0.448 e. The van der Waals surface area contributed by atoms with E-state index in [0.29, 0.717) is 31.2 Å². The fourth-order valence-corrected chi connectivity index (χ4v) is 5.26. The van der Waals surface area contributed by atoms with Crippen LogP contribution in [0.15, 0.2) is 74.8 Å². The van der Waals surface area contributed by atoms with Crippen LogP contribution in [-0.2, 0) is 0 Å². The lowest BCUT2D eigenvalue weighted by Gasteiger charge is -2.21. The number of carbonyl (C=O) groups is 1. The van der Waals surface area contributed by atoms with Crippen LogP contribution < -0.4 is 14.8 Å². The number of hydrogen-bond donors (Lipinski definition) is 1. The van der Waals surface area contributed by atoms with Crippen LogP contribution in [0, 0.1) is 10.1 Å². The van der Waals surface area contributed by atoms with Gasteiger partial charge >= 0.3 is 5.97 Å². The Labute approximate surface area is 231 Å². The van der Waals surface area contributed by atoms with E-state index in [1.165, 1.54) is 36.0 Å². The van der Waals surface area contributed by atoms with Gasteiger partial charge in [0.2, 0.25) is 11.0 Å². The highest BCUT2D eigenvalue weighted by atomic mass is 79.9. The van der Waals surface area contributed by atoms with Crippen LogP contribution >= 0.6 is 43.6 Å². The summed E-state index contributed by atoms with van der Waals surface area (Å²) in [6.07, 6.45) is 1.20. The van der Waals surface area contributed by atoms with Crippen molar-refractivity contribution >= 4 is 61.0 Å². The van der Waals surface area contributed by atoms with Gasteiger partial charge < -0.3 is 14.8 Å². The molecule has 5 rings (SSSR count). The number of ether oxygens (including phenoxy) is 2. The lowest BCUT2D eigenvalue weighted by molar-refractivity contribution is -0.384. The molecule has 1 N–H and O–H groups in total. The number of carbonyl (C=O) groups excluding carboxylic acids is 1. The third kappa shape index (κ3) is 5.15. The summed E-state index contributed by atoms with van der Waals surface area (Å²) in [4.78, 5) is 27.5. The number of non-ortho nitro benzene ring substituents is 1. The molecular formula is C24H15Br2N5O5S. The van der Waals surface area contributed by atoms with Crippen LogP contribution in [0.1, 0.15) is 22.1 Å². The Balaban J connectivity index is 1.46. The van der Waals surface area contributed by atoms with Crippen LogP contribution in [0.5, 0.6) is 11.6 Å². The van der Waals surface area contributed by atoms with Gasteiger partial charge in [0.25, 0.3) is 5.69 Å². The normalized spacial score (nSPS) is 13.9. The maximum Gasteiger partial charge on any atom is 0.343 e. The van der Waals surface area contributed by atoms with E-state index < -0.39 is 17.1 Å². The number of nitrogens with zero attached hydrogens (tertiary/aromatic N) is 4. The van der Waals surface area contributed by atoms with Crippen molar-refractivity contribution in [2.45, 2.75) is 11.4 Å². The molecule has 0 bridgehead atoms. The molecule has 1 aromatic heterocycles. The van der Waals surface area contributed by atoms with Gasteiger partial charge in [0, 0.05) is 28.9 Å². The van der Waals surface area contributed by atoms with E-state index in [4.69, 9.17) is 9.47 Å². The number of rotatable bonds is 5. The smallest absolute Gasteiger partial charge is 0.343 e. The Morgan fingerprint density at radius 2 is 1.81 bits per heavy atom. The third-order valence-electron chi connectivity index (χ3n) is 5.35. The van der Waals surface area contributed by atoms with Crippen LogP contribution in [0.3, 0.4) is 0 Å². The zero-order chi connectivity index (χ0) is 26.1. The molecule has 0 saturated heterocycles. The Hall–Kier alpha value is -3.55. The molecule has 3 aromatic carbocycles. The molecule has 1 aliphatic rings. The van der Waals surface area contributed by atoms with Gasteiger partial charge in [0.15, 0.2) is 17.7 Å². The number of thioether (sulfide) groups is 1. The maximum atomic E-state index is 12.7. The monoisotopic (exact) mass is 643 g/mol. The molecule has 0 aliphatic carbocycles. The van der Waals surface area contributed by atoms with E-state index >= 15 is 0 Å². The lowest BCUT2D eigenvalue weighted by Crippen LogP contribution is -2.17. The van der Waals surface area contributed by atoms with Crippen molar-refractivity contribution in [2.24, 2.45) is 0 Å². The number of fused-ring (bicyclic) bond motifs is 3. The van der Waals surface area contributed by atoms with E-state index in [1.807, 2.05) is 30.5 Å². The first-order valence-electron chi connectivity index (χ1n) is 10.6. The molecule has 0 saturated carbocycles. The minimum absolute atomic E-state index is 0.118. The number of aromatic nitrogens is 3. The summed E-state index contributed by atoms with van der Waals surface area (Å²) in [5.74, 6) is -0.0824. The molecule has 0 spiro atoms. The van der Waals surface area contributed by atoms with Gasteiger partial charge in [0.1, 0.15) is 0 Å². The van der Waals surface area contributed by atoms with Crippen molar-refractivity contribution in [2.75, 3.05) is 11.6 Å². The van der Waals surface area contributed by atoms with Gasteiger partial charge in [-0.25, -0.2) is 4.79 Å². The average Bonchev–Trinajstić information content (AvgIpc) is 3.07. The predicted molar refractivity (Wildman–Crippen MR) is 144 cm³/mol. The molecule has 1 atom stereocenters. The quantitative estimate of drug-likeness (QED) is 0.0854. The van der Waals surface area contributed by atoms with Crippen molar-refractivity contribution in [3.63, 3.8) is 0 Å². The molecule has 0 radical (unpaired) electrons. The summed E-state index contributed by atoms with van der Waals surface area (Å²) in [6.45, 7) is 0. The molecule has 4 aromatic rings. The second kappa shape index (κ2) is 10.4. The number of nitro benzene ring substituents is 1. The summed E-state index contributed by atoms with van der Waals surface area (Å²) in [5.41, 5.74) is 2.88. The Morgan fingerprint density at radius 3 is 2.49 bits per heavy atom. The lowest BCUT2D eigenvalue weighted by atomic mass is 10.1. The molecule has 186 valence electrons. The topological polar surface area (TPSA) is 129 Å². The summed E-state index contributed by atoms with van der Waals surface area (Å²) >= 11 is 8.32. The third-order valence-corrected chi connectivity index (χ3v) is 7.06. The minimum atomic E-state index is -0.664. The van der Waals surface area contributed by atoms with Crippen molar-refractivity contribution in [3.8, 4) is 22.9 Å².